The number of anilines is 1. The van der Waals surface area contributed by atoms with E-state index in [0.29, 0.717) is 0 Å². The van der Waals surface area contributed by atoms with Gasteiger partial charge in [0.25, 0.3) is 0 Å². The summed E-state index contributed by atoms with van der Waals surface area (Å²) in [4.78, 5) is 36.4. The van der Waals surface area contributed by atoms with E-state index in [1.807, 2.05) is 24.3 Å². The topological polar surface area (TPSA) is 111 Å². The molecule has 6 heteroatoms. The molecule has 0 aliphatic carbocycles. The predicted molar refractivity (Wildman–Crippen MR) is 117 cm³/mol. The molecule has 1 aromatic heterocycles. The van der Waals surface area contributed by atoms with Gasteiger partial charge in [0.2, 0.25) is 11.2 Å². The van der Waals surface area contributed by atoms with E-state index >= 15 is 0 Å². The molecule has 3 aromatic rings. The van der Waals surface area contributed by atoms with Gasteiger partial charge in [0.15, 0.2) is 5.78 Å². The lowest BCUT2D eigenvalue weighted by Crippen LogP contribution is -2.15. The van der Waals surface area contributed by atoms with E-state index in [1.54, 1.807) is 6.08 Å². The molecular formula is C24H23NO5. The maximum Gasteiger partial charge on any atom is 0.374 e. The van der Waals surface area contributed by atoms with Crippen LogP contribution in [0.4, 0.5) is 5.69 Å². The molecule has 0 saturated heterocycles. The van der Waals surface area contributed by atoms with Crippen LogP contribution in [0, 0.1) is 0 Å². The number of aromatic carboxylic acids is 1. The monoisotopic (exact) mass is 405 g/mol. The van der Waals surface area contributed by atoms with Crippen LogP contribution in [0.2, 0.25) is 0 Å². The second kappa shape index (κ2) is 9.22. The first-order valence-electron chi connectivity index (χ1n) is 9.82. The van der Waals surface area contributed by atoms with Gasteiger partial charge in [-0.3, -0.25) is 9.59 Å². The Kier molecular flexibility index (Phi) is 6.47. The molecule has 0 radical (unpaired) electrons. The summed E-state index contributed by atoms with van der Waals surface area (Å²) >= 11 is 0. The maximum atomic E-state index is 12.7. The van der Waals surface area contributed by atoms with E-state index in [4.69, 9.17) is 10.2 Å². The normalized spacial score (nSPS) is 11.2. The van der Waals surface area contributed by atoms with Crippen molar-refractivity contribution in [3.8, 4) is 0 Å². The molecule has 0 amide bonds. The van der Waals surface area contributed by atoms with Gasteiger partial charge in [-0.25, -0.2) is 4.79 Å². The first kappa shape index (κ1) is 21.0. The van der Waals surface area contributed by atoms with Crippen LogP contribution < -0.4 is 11.2 Å². The lowest BCUT2D eigenvalue weighted by atomic mass is 10.0. The maximum absolute atomic E-state index is 12.7. The quantitative estimate of drug-likeness (QED) is 0.319. The number of carboxylic acids is 1. The molecule has 6 nitrogen and oxygen atoms in total. The number of nitrogens with two attached hydrogens (primary N) is 1. The first-order valence-corrected chi connectivity index (χ1v) is 9.82. The van der Waals surface area contributed by atoms with Crippen LogP contribution in [0.1, 0.15) is 58.2 Å². The second-order valence-corrected chi connectivity index (χ2v) is 7.06. The van der Waals surface area contributed by atoms with Crippen molar-refractivity contribution in [3.63, 3.8) is 0 Å². The lowest BCUT2D eigenvalue weighted by molar-refractivity contribution is 0.0664. The number of hydrogen-bond acceptors (Lipinski definition) is 5. The molecule has 0 fully saturated rings. The van der Waals surface area contributed by atoms with Gasteiger partial charge in [0, 0.05) is 0 Å². The highest BCUT2D eigenvalue weighted by Crippen LogP contribution is 2.22. The molecule has 2 aromatic carbocycles. The Bertz CT molecular complexity index is 1170. The van der Waals surface area contributed by atoms with Crippen LogP contribution in [0.25, 0.3) is 17.0 Å². The number of fused-ring (bicyclic) bond motifs is 1. The fraction of sp³-hybridized carbons (Fsp3) is 0.208. The molecule has 154 valence electrons. The van der Waals surface area contributed by atoms with Gasteiger partial charge in [0.05, 0.1) is 10.9 Å². The average Bonchev–Trinajstić information content (AvgIpc) is 2.75. The van der Waals surface area contributed by atoms with Crippen LogP contribution in [0.3, 0.4) is 0 Å². The number of aryl methyl sites for hydroxylation is 1. The highest BCUT2D eigenvalue weighted by atomic mass is 16.4. The van der Waals surface area contributed by atoms with Gasteiger partial charge >= 0.3 is 5.97 Å². The smallest absolute Gasteiger partial charge is 0.374 e. The molecule has 3 rings (SSSR count). The van der Waals surface area contributed by atoms with Crippen molar-refractivity contribution in [3.05, 3.63) is 81.2 Å². The number of carbonyl (C=O) groups excluding carboxylic acids is 1. The van der Waals surface area contributed by atoms with E-state index in [1.165, 1.54) is 42.7 Å². The molecule has 0 bridgehead atoms. The number of carboxylic acid groups (broad SMARTS) is 1. The van der Waals surface area contributed by atoms with Crippen LogP contribution in [-0.2, 0) is 6.42 Å². The first-order chi connectivity index (χ1) is 14.4. The molecule has 1 heterocycles. The minimum Gasteiger partial charge on any atom is -0.475 e. The van der Waals surface area contributed by atoms with Crippen molar-refractivity contribution in [2.24, 2.45) is 0 Å². The van der Waals surface area contributed by atoms with E-state index in [2.05, 4.69) is 6.92 Å². The van der Waals surface area contributed by atoms with Crippen molar-refractivity contribution in [2.75, 3.05) is 5.73 Å². The van der Waals surface area contributed by atoms with Gasteiger partial charge in [-0.1, -0.05) is 56.2 Å². The standard InChI is InChI=1S/C24H23NO5/c1-2-3-4-6-15-9-11-16(12-10-15)13-14-19(26)17-7-5-8-18-21(27)20(25)23(24(28)29)30-22(17)18/h5,7-14H,2-4,6,25H2,1H3,(H,28,29). The Labute approximate surface area is 173 Å². The highest BCUT2D eigenvalue weighted by molar-refractivity contribution is 6.13. The van der Waals surface area contributed by atoms with Gasteiger partial charge in [-0.2, -0.15) is 0 Å². The number of benzene rings is 2. The van der Waals surface area contributed by atoms with Crippen LogP contribution in [-0.4, -0.2) is 16.9 Å². The third-order valence-corrected chi connectivity index (χ3v) is 4.89. The van der Waals surface area contributed by atoms with Gasteiger partial charge in [-0.15, -0.1) is 0 Å². The van der Waals surface area contributed by atoms with E-state index in [-0.39, 0.29) is 16.5 Å². The minimum atomic E-state index is -1.47. The lowest BCUT2D eigenvalue weighted by Gasteiger charge is -2.06. The largest absolute Gasteiger partial charge is 0.475 e. The third-order valence-electron chi connectivity index (χ3n) is 4.89. The number of allylic oxidation sites excluding steroid dienone is 1. The molecule has 0 unspecified atom stereocenters. The van der Waals surface area contributed by atoms with E-state index < -0.39 is 28.6 Å². The number of para-hydroxylation sites is 1. The Morgan fingerprint density at radius 1 is 1.10 bits per heavy atom. The summed E-state index contributed by atoms with van der Waals surface area (Å²) < 4.78 is 5.32. The number of ketones is 1. The summed E-state index contributed by atoms with van der Waals surface area (Å²) in [6, 6.07) is 12.4. The summed E-state index contributed by atoms with van der Waals surface area (Å²) in [6.45, 7) is 2.17. The zero-order valence-corrected chi connectivity index (χ0v) is 16.7. The van der Waals surface area contributed by atoms with Crippen LogP contribution >= 0.6 is 0 Å². The molecule has 0 aliphatic heterocycles. The number of nitrogen functional groups attached to an aromatic ring is 1. The summed E-state index contributed by atoms with van der Waals surface area (Å²) in [7, 11) is 0. The van der Waals surface area contributed by atoms with Gasteiger partial charge < -0.3 is 15.3 Å². The summed E-state index contributed by atoms with van der Waals surface area (Å²) in [6.07, 6.45) is 7.60. The molecule has 0 aliphatic rings. The summed E-state index contributed by atoms with van der Waals surface area (Å²) in [5.41, 5.74) is 6.53. The SMILES string of the molecule is CCCCCc1ccc(C=CC(=O)c2cccc3c(=O)c(N)c(C(=O)O)oc23)cc1. The Hall–Kier alpha value is -3.67. The number of rotatable bonds is 8. The number of hydrogen-bond donors (Lipinski definition) is 2. The molecule has 30 heavy (non-hydrogen) atoms. The average molecular weight is 405 g/mol. The Balaban J connectivity index is 1.88. The van der Waals surface area contributed by atoms with Crippen LogP contribution in [0.5, 0.6) is 0 Å². The molecule has 3 N–H and O–H groups in total. The number of carbonyl (C=O) groups is 2. The van der Waals surface area contributed by atoms with Crippen LogP contribution in [0.15, 0.2) is 57.8 Å². The Morgan fingerprint density at radius 2 is 1.83 bits per heavy atom. The molecule has 0 atom stereocenters. The predicted octanol–water partition coefficient (Wildman–Crippen LogP) is 4.70. The third kappa shape index (κ3) is 4.49. The molecule has 0 spiro atoms. The molecular weight excluding hydrogens is 382 g/mol. The zero-order valence-electron chi connectivity index (χ0n) is 16.7. The van der Waals surface area contributed by atoms with Gasteiger partial charge in [-0.05, 0) is 42.2 Å². The second-order valence-electron chi connectivity index (χ2n) is 7.06. The highest BCUT2D eigenvalue weighted by Gasteiger charge is 2.20. The van der Waals surface area contributed by atoms with E-state index in [0.717, 1.165) is 18.4 Å². The van der Waals surface area contributed by atoms with Crippen molar-refractivity contribution >= 4 is 34.5 Å². The fourth-order valence-electron chi connectivity index (χ4n) is 3.22. The summed E-state index contributed by atoms with van der Waals surface area (Å²) in [5.74, 6) is -2.55. The minimum absolute atomic E-state index is 0.0631. The van der Waals surface area contributed by atoms with Crippen molar-refractivity contribution in [1.82, 2.24) is 0 Å². The Morgan fingerprint density at radius 3 is 2.50 bits per heavy atom. The number of unbranched alkanes of at least 4 members (excludes halogenated alkanes) is 2. The fourth-order valence-corrected chi connectivity index (χ4v) is 3.22. The summed E-state index contributed by atoms with van der Waals surface area (Å²) in [5, 5.41) is 9.27. The van der Waals surface area contributed by atoms with Crippen molar-refractivity contribution < 1.29 is 19.1 Å². The van der Waals surface area contributed by atoms with Crippen molar-refractivity contribution in [2.45, 2.75) is 32.6 Å². The van der Waals surface area contributed by atoms with Gasteiger partial charge in [0.1, 0.15) is 11.3 Å². The molecule has 0 saturated carbocycles. The zero-order chi connectivity index (χ0) is 21.7. The van der Waals surface area contributed by atoms with E-state index in [9.17, 15) is 19.5 Å². The van der Waals surface area contributed by atoms with Crippen molar-refractivity contribution in [1.29, 1.82) is 0 Å².